The van der Waals surface area contributed by atoms with Gasteiger partial charge in [-0.3, -0.25) is 9.97 Å². The molecule has 5 heteroatoms. The molecule has 0 aliphatic rings. The Morgan fingerprint density at radius 2 is 2.00 bits per heavy atom. The van der Waals surface area contributed by atoms with Crippen molar-refractivity contribution in [2.75, 3.05) is 7.11 Å². The van der Waals surface area contributed by atoms with E-state index in [2.05, 4.69) is 9.97 Å². The maximum atomic E-state index is 9.25. The van der Waals surface area contributed by atoms with E-state index in [-0.39, 0.29) is 6.61 Å². The smallest absolute Gasteiger partial charge is 0.251 e. The van der Waals surface area contributed by atoms with Crippen LogP contribution in [0.25, 0.3) is 0 Å². The van der Waals surface area contributed by atoms with Crippen molar-refractivity contribution >= 4 is 0 Å². The number of rotatable bonds is 5. The molecule has 0 radical (unpaired) electrons. The Labute approximate surface area is 118 Å². The van der Waals surface area contributed by atoms with Crippen molar-refractivity contribution in [1.29, 1.82) is 0 Å². The van der Waals surface area contributed by atoms with E-state index in [0.29, 0.717) is 17.1 Å². The van der Waals surface area contributed by atoms with Crippen molar-refractivity contribution < 1.29 is 14.6 Å². The second kappa shape index (κ2) is 5.98. The van der Waals surface area contributed by atoms with E-state index >= 15 is 0 Å². The first-order valence-electron chi connectivity index (χ1n) is 6.31. The standard InChI is InChI=1S/C15H18N2O3/c1-11-12(10-18)16-9-7-13(11)20-15(2,19-3)14-6-4-5-8-17-14/h4-9,18H,10H2,1-3H3. The van der Waals surface area contributed by atoms with Gasteiger partial charge in [0, 0.05) is 32.0 Å². The topological polar surface area (TPSA) is 64.5 Å². The molecule has 0 saturated heterocycles. The molecule has 0 aromatic carbocycles. The zero-order chi connectivity index (χ0) is 14.6. The molecular weight excluding hydrogens is 256 g/mol. The minimum absolute atomic E-state index is 0.129. The Bertz CT molecular complexity index is 575. The Balaban J connectivity index is 2.36. The molecule has 2 aromatic rings. The van der Waals surface area contributed by atoms with Gasteiger partial charge in [0.25, 0.3) is 5.79 Å². The molecule has 0 saturated carbocycles. The Kier molecular flexibility index (Phi) is 4.32. The van der Waals surface area contributed by atoms with Crippen LogP contribution in [0.3, 0.4) is 0 Å². The van der Waals surface area contributed by atoms with Crippen LogP contribution >= 0.6 is 0 Å². The summed E-state index contributed by atoms with van der Waals surface area (Å²) in [6.07, 6.45) is 3.29. The Hall–Kier alpha value is -1.98. The van der Waals surface area contributed by atoms with E-state index in [0.717, 1.165) is 5.56 Å². The fourth-order valence-corrected chi connectivity index (χ4v) is 1.87. The highest BCUT2D eigenvalue weighted by Gasteiger charge is 2.31. The molecule has 0 bridgehead atoms. The number of aliphatic hydroxyl groups is 1. The molecule has 0 fully saturated rings. The van der Waals surface area contributed by atoms with Crippen LogP contribution in [0.5, 0.6) is 5.75 Å². The first-order chi connectivity index (χ1) is 9.60. The van der Waals surface area contributed by atoms with Crippen molar-refractivity contribution in [2.24, 2.45) is 0 Å². The summed E-state index contributed by atoms with van der Waals surface area (Å²) in [6.45, 7) is 3.52. The first kappa shape index (κ1) is 14.4. The van der Waals surface area contributed by atoms with Crippen LogP contribution in [0.1, 0.15) is 23.9 Å². The molecule has 1 atom stereocenters. The maximum Gasteiger partial charge on any atom is 0.251 e. The molecule has 1 unspecified atom stereocenters. The first-order valence-corrected chi connectivity index (χ1v) is 6.31. The maximum absolute atomic E-state index is 9.25. The highest BCUT2D eigenvalue weighted by molar-refractivity contribution is 5.35. The van der Waals surface area contributed by atoms with Crippen LogP contribution < -0.4 is 4.74 Å². The number of hydrogen-bond donors (Lipinski definition) is 1. The molecule has 1 N–H and O–H groups in total. The Morgan fingerprint density at radius 1 is 1.20 bits per heavy atom. The van der Waals surface area contributed by atoms with Crippen LogP contribution in [-0.4, -0.2) is 22.2 Å². The lowest BCUT2D eigenvalue weighted by Crippen LogP contribution is -2.33. The fourth-order valence-electron chi connectivity index (χ4n) is 1.87. The van der Waals surface area contributed by atoms with E-state index in [9.17, 15) is 5.11 Å². The predicted molar refractivity (Wildman–Crippen MR) is 74.1 cm³/mol. The van der Waals surface area contributed by atoms with Gasteiger partial charge in [0.1, 0.15) is 11.4 Å². The minimum atomic E-state index is -1.000. The van der Waals surface area contributed by atoms with Gasteiger partial charge in [-0.2, -0.15) is 0 Å². The third-order valence-corrected chi connectivity index (χ3v) is 3.23. The summed E-state index contributed by atoms with van der Waals surface area (Å²) in [6, 6.07) is 7.30. The van der Waals surface area contributed by atoms with Crippen LogP contribution in [0, 0.1) is 6.92 Å². The number of hydrogen-bond acceptors (Lipinski definition) is 5. The molecule has 2 rings (SSSR count). The van der Waals surface area contributed by atoms with Crippen molar-refractivity contribution in [2.45, 2.75) is 26.2 Å². The monoisotopic (exact) mass is 274 g/mol. The van der Waals surface area contributed by atoms with Gasteiger partial charge in [-0.25, -0.2) is 0 Å². The zero-order valence-corrected chi connectivity index (χ0v) is 11.8. The van der Waals surface area contributed by atoms with Gasteiger partial charge in [0.05, 0.1) is 12.3 Å². The van der Waals surface area contributed by atoms with Gasteiger partial charge in [-0.1, -0.05) is 6.07 Å². The SMILES string of the molecule is COC(C)(Oc1ccnc(CO)c1C)c1ccccn1. The van der Waals surface area contributed by atoms with Gasteiger partial charge in [-0.15, -0.1) is 0 Å². The van der Waals surface area contributed by atoms with E-state index in [1.807, 2.05) is 25.1 Å². The Morgan fingerprint density at radius 3 is 2.60 bits per heavy atom. The van der Waals surface area contributed by atoms with Crippen LogP contribution in [0.15, 0.2) is 36.7 Å². The largest absolute Gasteiger partial charge is 0.456 e. The summed E-state index contributed by atoms with van der Waals surface area (Å²) >= 11 is 0. The van der Waals surface area contributed by atoms with Gasteiger partial charge < -0.3 is 14.6 Å². The molecule has 106 valence electrons. The molecule has 2 aromatic heterocycles. The predicted octanol–water partition coefficient (Wildman–Crippen LogP) is 2.18. The highest BCUT2D eigenvalue weighted by Crippen LogP contribution is 2.30. The number of ether oxygens (including phenoxy) is 2. The lowest BCUT2D eigenvalue weighted by atomic mass is 10.1. The van der Waals surface area contributed by atoms with Gasteiger partial charge in [0.15, 0.2) is 0 Å². The van der Waals surface area contributed by atoms with Gasteiger partial charge in [-0.05, 0) is 25.1 Å². The van der Waals surface area contributed by atoms with Gasteiger partial charge in [0.2, 0.25) is 0 Å². The van der Waals surface area contributed by atoms with Gasteiger partial charge >= 0.3 is 0 Å². The molecule has 5 nitrogen and oxygen atoms in total. The summed E-state index contributed by atoms with van der Waals surface area (Å²) in [5.41, 5.74) is 2.04. The summed E-state index contributed by atoms with van der Waals surface area (Å²) in [5, 5.41) is 9.25. The molecule has 20 heavy (non-hydrogen) atoms. The zero-order valence-electron chi connectivity index (χ0n) is 11.8. The van der Waals surface area contributed by atoms with Crippen LogP contribution in [0.2, 0.25) is 0 Å². The van der Waals surface area contributed by atoms with Crippen molar-refractivity contribution in [1.82, 2.24) is 9.97 Å². The molecule has 0 aliphatic carbocycles. The van der Waals surface area contributed by atoms with Crippen LogP contribution in [0.4, 0.5) is 0 Å². The molecule has 2 heterocycles. The molecular formula is C15H18N2O3. The molecule has 0 spiro atoms. The second-order valence-corrected chi connectivity index (χ2v) is 4.51. The third-order valence-electron chi connectivity index (χ3n) is 3.23. The minimum Gasteiger partial charge on any atom is -0.456 e. The normalized spacial score (nSPS) is 13.8. The average molecular weight is 274 g/mol. The molecule has 0 amide bonds. The summed E-state index contributed by atoms with van der Waals surface area (Å²) in [7, 11) is 1.57. The number of nitrogens with zero attached hydrogens (tertiary/aromatic N) is 2. The van der Waals surface area contributed by atoms with E-state index < -0.39 is 5.79 Å². The summed E-state index contributed by atoms with van der Waals surface area (Å²) in [4.78, 5) is 8.37. The summed E-state index contributed by atoms with van der Waals surface area (Å²) in [5.74, 6) is -0.390. The average Bonchev–Trinajstić information content (AvgIpc) is 2.50. The number of methoxy groups -OCH3 is 1. The number of aromatic nitrogens is 2. The van der Waals surface area contributed by atoms with Crippen molar-refractivity contribution in [3.63, 3.8) is 0 Å². The third kappa shape index (κ3) is 2.79. The van der Waals surface area contributed by atoms with E-state index in [1.54, 1.807) is 32.5 Å². The van der Waals surface area contributed by atoms with Crippen molar-refractivity contribution in [3.05, 3.63) is 53.6 Å². The fraction of sp³-hybridized carbons (Fsp3) is 0.333. The second-order valence-electron chi connectivity index (χ2n) is 4.51. The quantitative estimate of drug-likeness (QED) is 0.847. The molecule has 0 aliphatic heterocycles. The van der Waals surface area contributed by atoms with E-state index in [4.69, 9.17) is 9.47 Å². The highest BCUT2D eigenvalue weighted by atomic mass is 16.7. The lowest BCUT2D eigenvalue weighted by Gasteiger charge is -2.29. The lowest BCUT2D eigenvalue weighted by molar-refractivity contribution is -0.160. The number of aliphatic hydroxyl groups excluding tert-OH is 1. The van der Waals surface area contributed by atoms with Crippen molar-refractivity contribution in [3.8, 4) is 5.75 Å². The number of pyridine rings is 2. The summed E-state index contributed by atoms with van der Waals surface area (Å²) < 4.78 is 11.5. The van der Waals surface area contributed by atoms with Crippen LogP contribution in [-0.2, 0) is 17.1 Å². The van der Waals surface area contributed by atoms with E-state index in [1.165, 1.54) is 0 Å².